The van der Waals surface area contributed by atoms with Crippen molar-refractivity contribution in [3.8, 4) is 0 Å². The fraction of sp³-hybridized carbons (Fsp3) is 0.545. The van der Waals surface area contributed by atoms with Gasteiger partial charge >= 0.3 is 0 Å². The van der Waals surface area contributed by atoms with Gasteiger partial charge in [0.1, 0.15) is 0 Å². The largest absolute Gasteiger partial charge is 0.378 e. The molecule has 1 aromatic heterocycles. The zero-order chi connectivity index (χ0) is 20.5. The van der Waals surface area contributed by atoms with Crippen LogP contribution in [0.2, 0.25) is 0 Å². The van der Waals surface area contributed by atoms with E-state index in [0.717, 1.165) is 46.6 Å². The highest BCUT2D eigenvalue weighted by molar-refractivity contribution is 7.21. The van der Waals surface area contributed by atoms with Crippen molar-refractivity contribution in [3.63, 3.8) is 0 Å². The predicted octanol–water partition coefficient (Wildman–Crippen LogP) is 1.98. The van der Waals surface area contributed by atoms with Crippen LogP contribution < -0.4 is 0 Å². The molecule has 3 aliphatic heterocycles. The Bertz CT molecular complexity index is 936. The molecule has 1 atom stereocenters. The van der Waals surface area contributed by atoms with Crippen molar-refractivity contribution < 1.29 is 19.1 Å². The summed E-state index contributed by atoms with van der Waals surface area (Å²) in [4.78, 5) is 32.6. The quantitative estimate of drug-likeness (QED) is 0.744. The number of benzene rings is 1. The summed E-state index contributed by atoms with van der Waals surface area (Å²) in [6, 6.07) is 8.15. The molecule has 0 spiro atoms. The van der Waals surface area contributed by atoms with E-state index in [1.807, 2.05) is 21.9 Å². The van der Waals surface area contributed by atoms with Crippen molar-refractivity contribution in [1.29, 1.82) is 0 Å². The average Bonchev–Trinajstić information content (AvgIpc) is 3.12. The van der Waals surface area contributed by atoms with Gasteiger partial charge < -0.3 is 19.3 Å². The summed E-state index contributed by atoms with van der Waals surface area (Å²) >= 11 is 1.55. The summed E-state index contributed by atoms with van der Waals surface area (Å²) in [6.45, 7) is 6.51. The van der Waals surface area contributed by atoms with Crippen LogP contribution in [0.25, 0.3) is 10.1 Å². The molecule has 1 aromatic carbocycles. The maximum absolute atomic E-state index is 13.4. The number of amides is 2. The number of carbonyl (C=O) groups is 2. The average molecular weight is 430 g/mol. The highest BCUT2D eigenvalue weighted by Crippen LogP contribution is 2.39. The van der Waals surface area contributed by atoms with E-state index >= 15 is 0 Å². The van der Waals surface area contributed by atoms with Crippen molar-refractivity contribution in [1.82, 2.24) is 14.7 Å². The minimum atomic E-state index is -0.209. The third-order valence-electron chi connectivity index (χ3n) is 6.17. The highest BCUT2D eigenvalue weighted by atomic mass is 32.1. The lowest BCUT2D eigenvalue weighted by Crippen LogP contribution is -2.49. The Kier molecular flexibility index (Phi) is 5.73. The number of rotatable bonds is 4. The van der Waals surface area contributed by atoms with E-state index in [1.165, 1.54) is 0 Å². The number of carbonyl (C=O) groups excluding carboxylic acids is 2. The van der Waals surface area contributed by atoms with Crippen LogP contribution in [-0.4, -0.2) is 92.1 Å². The Hall–Kier alpha value is -2.00. The Labute approximate surface area is 180 Å². The first-order valence-electron chi connectivity index (χ1n) is 10.7. The van der Waals surface area contributed by atoms with Gasteiger partial charge in [-0.05, 0) is 17.9 Å². The molecule has 7 nitrogen and oxygen atoms in total. The molecule has 160 valence electrons. The minimum absolute atomic E-state index is 0.0619. The van der Waals surface area contributed by atoms with Gasteiger partial charge in [-0.15, -0.1) is 11.3 Å². The van der Waals surface area contributed by atoms with Gasteiger partial charge in [0.15, 0.2) is 0 Å². The number of likely N-dealkylation sites (tertiary alicyclic amines) is 1. The number of hydrogen-bond donors (Lipinski definition) is 0. The van der Waals surface area contributed by atoms with E-state index in [9.17, 15) is 9.59 Å². The first-order valence-corrected chi connectivity index (χ1v) is 11.5. The molecule has 0 radical (unpaired) electrons. The summed E-state index contributed by atoms with van der Waals surface area (Å²) in [7, 11) is 0. The van der Waals surface area contributed by atoms with Crippen LogP contribution in [0.4, 0.5) is 0 Å². The van der Waals surface area contributed by atoms with Gasteiger partial charge in [-0.25, -0.2) is 0 Å². The Morgan fingerprint density at radius 2 is 1.80 bits per heavy atom. The van der Waals surface area contributed by atoms with Crippen molar-refractivity contribution >= 4 is 33.2 Å². The molecule has 2 aromatic rings. The van der Waals surface area contributed by atoms with Crippen LogP contribution in [0, 0.1) is 0 Å². The summed E-state index contributed by atoms with van der Waals surface area (Å²) in [6.07, 6.45) is 0.893. The van der Waals surface area contributed by atoms with Crippen molar-refractivity contribution in [2.45, 2.75) is 12.5 Å². The van der Waals surface area contributed by atoms with E-state index in [-0.39, 0.29) is 17.9 Å². The van der Waals surface area contributed by atoms with Crippen LogP contribution in [0.15, 0.2) is 24.3 Å². The summed E-state index contributed by atoms with van der Waals surface area (Å²) in [5, 5.41) is 1.08. The fourth-order valence-corrected chi connectivity index (χ4v) is 5.55. The first-order chi connectivity index (χ1) is 14.7. The molecule has 30 heavy (non-hydrogen) atoms. The lowest BCUT2D eigenvalue weighted by atomic mass is 10.0. The number of fused-ring (bicyclic) bond motifs is 1. The Morgan fingerprint density at radius 3 is 2.57 bits per heavy atom. The summed E-state index contributed by atoms with van der Waals surface area (Å²) in [5.41, 5.74) is 0.980. The van der Waals surface area contributed by atoms with Gasteiger partial charge in [0, 0.05) is 49.5 Å². The van der Waals surface area contributed by atoms with Gasteiger partial charge in [0.25, 0.3) is 5.91 Å². The molecule has 8 heteroatoms. The third-order valence-corrected chi connectivity index (χ3v) is 7.34. The van der Waals surface area contributed by atoms with E-state index < -0.39 is 0 Å². The smallest absolute Gasteiger partial charge is 0.264 e. The second-order valence-electron chi connectivity index (χ2n) is 8.07. The van der Waals surface area contributed by atoms with Crippen LogP contribution in [0.1, 0.15) is 27.8 Å². The van der Waals surface area contributed by atoms with Crippen LogP contribution in [-0.2, 0) is 14.3 Å². The number of morpholine rings is 2. The molecule has 0 bridgehead atoms. The zero-order valence-electron chi connectivity index (χ0n) is 17.0. The Morgan fingerprint density at radius 1 is 1.00 bits per heavy atom. The number of nitrogens with zero attached hydrogens (tertiary/aromatic N) is 3. The molecule has 4 heterocycles. The molecule has 2 amide bonds. The standard InChI is InChI=1S/C22H27N3O4S/c26-19(24-6-3-7-24)15-23-8-13-29-17(14-23)20-16-4-1-2-5-18(16)30-21(20)22(27)25-9-11-28-12-10-25/h1-2,4-5,17H,3,6-15H2/t17-/m0/s1. The van der Waals surface area contributed by atoms with Gasteiger partial charge in [0.2, 0.25) is 5.91 Å². The maximum atomic E-state index is 13.4. The van der Waals surface area contributed by atoms with Gasteiger partial charge in [0.05, 0.1) is 37.3 Å². The number of hydrogen-bond acceptors (Lipinski definition) is 6. The van der Waals surface area contributed by atoms with E-state index in [2.05, 4.69) is 17.0 Å². The molecule has 3 aliphatic rings. The second-order valence-corrected chi connectivity index (χ2v) is 9.13. The van der Waals surface area contributed by atoms with E-state index in [4.69, 9.17) is 9.47 Å². The third kappa shape index (κ3) is 3.85. The lowest BCUT2D eigenvalue weighted by Gasteiger charge is -2.37. The second kappa shape index (κ2) is 8.63. The lowest BCUT2D eigenvalue weighted by molar-refractivity contribution is -0.137. The predicted molar refractivity (Wildman–Crippen MR) is 115 cm³/mol. The first kappa shape index (κ1) is 19.9. The SMILES string of the molecule is O=C(CN1CCO[C@H](c2c(C(=O)N3CCOCC3)sc3ccccc23)C1)N1CCC1. The monoisotopic (exact) mass is 429 g/mol. The molecular weight excluding hydrogens is 402 g/mol. The zero-order valence-corrected chi connectivity index (χ0v) is 17.9. The van der Waals surface area contributed by atoms with Crippen LogP contribution >= 0.6 is 11.3 Å². The van der Waals surface area contributed by atoms with E-state index in [0.29, 0.717) is 46.0 Å². The summed E-state index contributed by atoms with van der Waals surface area (Å²) in [5.74, 6) is 0.258. The van der Waals surface area contributed by atoms with Gasteiger partial charge in [-0.2, -0.15) is 0 Å². The van der Waals surface area contributed by atoms with Crippen LogP contribution in [0.3, 0.4) is 0 Å². The molecule has 5 rings (SSSR count). The molecule has 3 saturated heterocycles. The molecule has 3 fully saturated rings. The highest BCUT2D eigenvalue weighted by Gasteiger charge is 2.33. The molecule has 0 aliphatic carbocycles. The molecule has 0 unspecified atom stereocenters. The summed E-state index contributed by atoms with van der Waals surface area (Å²) < 4.78 is 12.7. The fourth-order valence-electron chi connectivity index (χ4n) is 4.33. The van der Waals surface area contributed by atoms with Crippen molar-refractivity contribution in [2.75, 3.05) is 65.6 Å². The normalized spacial score (nSPS) is 22.9. The molecule has 0 saturated carbocycles. The van der Waals surface area contributed by atoms with Gasteiger partial charge in [-0.3, -0.25) is 14.5 Å². The maximum Gasteiger partial charge on any atom is 0.264 e. The van der Waals surface area contributed by atoms with Gasteiger partial charge in [-0.1, -0.05) is 18.2 Å². The number of ether oxygens (including phenoxy) is 2. The van der Waals surface area contributed by atoms with Crippen molar-refractivity contribution in [3.05, 3.63) is 34.7 Å². The van der Waals surface area contributed by atoms with Crippen molar-refractivity contribution in [2.24, 2.45) is 0 Å². The minimum Gasteiger partial charge on any atom is -0.378 e. The molecule has 0 N–H and O–H groups in total. The van der Waals surface area contributed by atoms with E-state index in [1.54, 1.807) is 11.3 Å². The van der Waals surface area contributed by atoms with Crippen LogP contribution in [0.5, 0.6) is 0 Å². The molecular formula is C22H27N3O4S. The topological polar surface area (TPSA) is 62.3 Å². The Balaban J connectivity index is 1.42. The number of thiophene rings is 1.